The molecule has 0 aromatic rings. The predicted molar refractivity (Wildman–Crippen MR) is 203 cm³/mol. The average molecular weight is 666 g/mol. The minimum Gasteiger partial charge on any atom is -0.480 e. The fourth-order valence-corrected chi connectivity index (χ4v) is 4.85. The molecule has 0 aromatic heterocycles. The number of carbonyl (C=O) groups excluding carboxylic acids is 2. The molecule has 48 heavy (non-hydrogen) atoms. The lowest BCUT2D eigenvalue weighted by Crippen LogP contribution is -2.28. The highest BCUT2D eigenvalue weighted by Crippen LogP contribution is 2.14. The Balaban J connectivity index is 4.38. The van der Waals surface area contributed by atoms with Gasteiger partial charge in [0.05, 0.1) is 0 Å². The molecular formula is C42H67NO5. The molecule has 6 nitrogen and oxygen atoms in total. The third kappa shape index (κ3) is 35.4. The number of carbonyl (C=O) groups is 3. The molecule has 0 saturated heterocycles. The fourth-order valence-electron chi connectivity index (χ4n) is 4.85. The van der Waals surface area contributed by atoms with Crippen molar-refractivity contribution in [2.75, 3.05) is 6.54 Å². The van der Waals surface area contributed by atoms with Gasteiger partial charge >= 0.3 is 11.9 Å². The van der Waals surface area contributed by atoms with Gasteiger partial charge < -0.3 is 15.2 Å². The van der Waals surface area contributed by atoms with Crippen LogP contribution in [0.2, 0.25) is 0 Å². The highest BCUT2D eigenvalue weighted by Gasteiger charge is 2.11. The van der Waals surface area contributed by atoms with Crippen LogP contribution in [0.3, 0.4) is 0 Å². The van der Waals surface area contributed by atoms with Crippen LogP contribution in [0.25, 0.3) is 0 Å². The second kappa shape index (κ2) is 36.4. The molecule has 1 amide bonds. The second-order valence-electron chi connectivity index (χ2n) is 12.1. The number of nitrogens with one attached hydrogen (secondary N) is 1. The first-order valence-electron chi connectivity index (χ1n) is 18.7. The van der Waals surface area contributed by atoms with Gasteiger partial charge in [0.2, 0.25) is 5.91 Å². The topological polar surface area (TPSA) is 92.7 Å². The first-order chi connectivity index (χ1) is 23.5. The second-order valence-corrected chi connectivity index (χ2v) is 12.1. The minimum atomic E-state index is -1.03. The van der Waals surface area contributed by atoms with Crippen molar-refractivity contribution in [2.45, 2.75) is 155 Å². The van der Waals surface area contributed by atoms with E-state index in [1.807, 2.05) is 6.08 Å². The molecule has 0 heterocycles. The summed E-state index contributed by atoms with van der Waals surface area (Å²) in [6, 6.07) is 0. The molecule has 0 bridgehead atoms. The zero-order chi connectivity index (χ0) is 35.2. The van der Waals surface area contributed by atoms with E-state index in [0.717, 1.165) is 109 Å². The quantitative estimate of drug-likeness (QED) is 0.0424. The van der Waals surface area contributed by atoms with E-state index in [-0.39, 0.29) is 24.5 Å². The summed E-state index contributed by atoms with van der Waals surface area (Å²) in [6.45, 7) is 3.96. The molecule has 1 unspecified atom stereocenters. The van der Waals surface area contributed by atoms with E-state index < -0.39 is 5.97 Å². The molecule has 0 spiro atoms. The SMILES string of the molecule is CC/C=C\C/C=C\C/C=C\C/C=C\C(CCCCCCCC(=O)NCC(=O)O)OC(=O)CCCCCCC/C=C\C/C=C\C/C=C\CC. The van der Waals surface area contributed by atoms with Gasteiger partial charge in [0, 0.05) is 12.8 Å². The maximum absolute atomic E-state index is 12.6. The Hall–Kier alpha value is -3.41. The largest absolute Gasteiger partial charge is 0.480 e. The Morgan fingerprint density at radius 3 is 1.58 bits per heavy atom. The van der Waals surface area contributed by atoms with E-state index >= 15 is 0 Å². The number of amides is 1. The summed E-state index contributed by atoms with van der Waals surface area (Å²) in [5, 5.41) is 11.0. The van der Waals surface area contributed by atoms with E-state index in [2.05, 4.69) is 98.2 Å². The Labute approximate surface area is 293 Å². The van der Waals surface area contributed by atoms with Gasteiger partial charge in [-0.3, -0.25) is 14.4 Å². The van der Waals surface area contributed by atoms with Crippen LogP contribution in [0.4, 0.5) is 0 Å². The van der Waals surface area contributed by atoms with Crippen molar-refractivity contribution in [3.63, 3.8) is 0 Å². The zero-order valence-corrected chi connectivity index (χ0v) is 30.3. The molecule has 0 aromatic carbocycles. The van der Waals surface area contributed by atoms with Gasteiger partial charge in [-0.1, -0.05) is 131 Å². The monoisotopic (exact) mass is 666 g/mol. The number of esters is 1. The van der Waals surface area contributed by atoms with Gasteiger partial charge in [-0.25, -0.2) is 0 Å². The number of carboxylic acid groups (broad SMARTS) is 1. The number of aliphatic carboxylic acids is 1. The van der Waals surface area contributed by atoms with E-state index in [9.17, 15) is 14.4 Å². The van der Waals surface area contributed by atoms with Crippen molar-refractivity contribution in [1.82, 2.24) is 5.32 Å². The maximum Gasteiger partial charge on any atom is 0.322 e. The first-order valence-corrected chi connectivity index (χ1v) is 18.7. The lowest BCUT2D eigenvalue weighted by atomic mass is 10.1. The van der Waals surface area contributed by atoms with Crippen LogP contribution in [-0.2, 0) is 19.1 Å². The van der Waals surface area contributed by atoms with Crippen molar-refractivity contribution in [3.8, 4) is 0 Å². The number of hydrogen-bond acceptors (Lipinski definition) is 4. The average Bonchev–Trinajstić information content (AvgIpc) is 3.07. The maximum atomic E-state index is 12.6. The summed E-state index contributed by atoms with van der Waals surface area (Å²) < 4.78 is 5.88. The molecule has 0 aliphatic rings. The van der Waals surface area contributed by atoms with Crippen LogP contribution < -0.4 is 5.32 Å². The molecule has 6 heteroatoms. The Bertz CT molecular complexity index is 1000. The number of unbranched alkanes of at least 4 members (excludes halogenated alkanes) is 9. The van der Waals surface area contributed by atoms with Crippen LogP contribution in [0.15, 0.2) is 85.1 Å². The van der Waals surface area contributed by atoms with Gasteiger partial charge in [-0.05, 0) is 89.5 Å². The molecule has 0 radical (unpaired) electrons. The lowest BCUT2D eigenvalue weighted by molar-refractivity contribution is -0.147. The molecular weight excluding hydrogens is 598 g/mol. The Morgan fingerprint density at radius 2 is 1.02 bits per heavy atom. The molecule has 270 valence electrons. The van der Waals surface area contributed by atoms with Crippen molar-refractivity contribution >= 4 is 17.8 Å². The summed E-state index contributed by atoms with van der Waals surface area (Å²) in [5.41, 5.74) is 0. The Morgan fingerprint density at radius 1 is 0.562 bits per heavy atom. The summed E-state index contributed by atoms with van der Waals surface area (Å²) >= 11 is 0. The van der Waals surface area contributed by atoms with Gasteiger partial charge in [-0.2, -0.15) is 0 Å². The van der Waals surface area contributed by atoms with Crippen LogP contribution >= 0.6 is 0 Å². The summed E-state index contributed by atoms with van der Waals surface area (Å²) in [6.07, 6.45) is 50.0. The molecule has 0 aliphatic heterocycles. The van der Waals surface area contributed by atoms with Crippen molar-refractivity contribution in [3.05, 3.63) is 85.1 Å². The van der Waals surface area contributed by atoms with Crippen molar-refractivity contribution in [2.24, 2.45) is 0 Å². The zero-order valence-electron chi connectivity index (χ0n) is 30.3. The van der Waals surface area contributed by atoms with Gasteiger partial charge in [0.15, 0.2) is 0 Å². The van der Waals surface area contributed by atoms with E-state index in [0.29, 0.717) is 12.8 Å². The molecule has 0 saturated carbocycles. The normalized spacial score (nSPS) is 13.0. The summed E-state index contributed by atoms with van der Waals surface area (Å²) in [7, 11) is 0. The molecule has 1 atom stereocenters. The molecule has 0 fully saturated rings. The number of ether oxygens (including phenoxy) is 1. The standard InChI is InChI=1S/C42H67NO5/c1-3-5-7-9-11-13-15-16-17-18-20-22-24-29-33-37-42(47)48-39(34-30-26-23-21-19-14-12-10-8-6-4-2)35-31-27-25-28-32-36-40(44)43-38-41(45)46/h5-8,11-14,16-17,21,23,30,34,39H,3-4,9-10,15,18-20,22,24-29,31-33,35-38H2,1-2H3,(H,43,44)(H,45,46)/b7-5-,8-6-,13-11-,14-12-,17-16-,23-21-,34-30-. The van der Waals surface area contributed by atoms with Crippen LogP contribution in [-0.4, -0.2) is 35.6 Å². The third-order valence-electron chi connectivity index (χ3n) is 7.55. The highest BCUT2D eigenvalue weighted by molar-refractivity contribution is 5.80. The molecule has 2 N–H and O–H groups in total. The number of rotatable bonds is 32. The number of carboxylic acids is 1. The summed E-state index contributed by atoms with van der Waals surface area (Å²) in [4.78, 5) is 34.8. The van der Waals surface area contributed by atoms with E-state index in [1.54, 1.807) is 0 Å². The molecule has 0 rings (SSSR count). The van der Waals surface area contributed by atoms with Crippen LogP contribution in [0.1, 0.15) is 149 Å². The predicted octanol–water partition coefficient (Wildman–Crippen LogP) is 11.2. The smallest absolute Gasteiger partial charge is 0.322 e. The van der Waals surface area contributed by atoms with Crippen LogP contribution in [0, 0.1) is 0 Å². The number of allylic oxidation sites excluding steroid dienone is 13. The van der Waals surface area contributed by atoms with E-state index in [1.165, 1.54) is 12.8 Å². The van der Waals surface area contributed by atoms with E-state index in [4.69, 9.17) is 9.84 Å². The number of hydrogen-bond donors (Lipinski definition) is 2. The lowest BCUT2D eigenvalue weighted by Gasteiger charge is -2.14. The summed E-state index contributed by atoms with van der Waals surface area (Å²) in [5.74, 6) is -1.36. The van der Waals surface area contributed by atoms with Gasteiger partial charge in [0.25, 0.3) is 0 Å². The van der Waals surface area contributed by atoms with Crippen LogP contribution in [0.5, 0.6) is 0 Å². The minimum absolute atomic E-state index is 0.115. The van der Waals surface area contributed by atoms with Gasteiger partial charge in [0.1, 0.15) is 12.6 Å². The van der Waals surface area contributed by atoms with Gasteiger partial charge in [-0.15, -0.1) is 0 Å². The first kappa shape index (κ1) is 44.6. The third-order valence-corrected chi connectivity index (χ3v) is 7.55. The van der Waals surface area contributed by atoms with Crippen molar-refractivity contribution < 1.29 is 24.2 Å². The Kier molecular flexibility index (Phi) is 33.8. The highest BCUT2D eigenvalue weighted by atomic mass is 16.5. The van der Waals surface area contributed by atoms with Crippen molar-refractivity contribution in [1.29, 1.82) is 0 Å². The molecule has 0 aliphatic carbocycles. The fraction of sp³-hybridized carbons (Fsp3) is 0.595.